The lowest BCUT2D eigenvalue weighted by atomic mass is 9.68. The van der Waals surface area contributed by atoms with Gasteiger partial charge in [-0.1, -0.05) is 62.3 Å². The van der Waals surface area contributed by atoms with Crippen LogP contribution in [0.4, 0.5) is 0 Å². The van der Waals surface area contributed by atoms with Crippen LogP contribution in [0.3, 0.4) is 0 Å². The summed E-state index contributed by atoms with van der Waals surface area (Å²) in [5.41, 5.74) is 2.76. The Kier molecular flexibility index (Phi) is 12.6. The number of phenols is 1. The van der Waals surface area contributed by atoms with Crippen molar-refractivity contribution >= 4 is 21.3 Å². The van der Waals surface area contributed by atoms with Crippen molar-refractivity contribution in [3.8, 4) is 5.75 Å². The summed E-state index contributed by atoms with van der Waals surface area (Å²) in [5, 5.41) is 11.5. The molecule has 0 unspecified atom stereocenters. The minimum atomic E-state index is -4.08. The first-order valence-corrected chi connectivity index (χ1v) is 17.7. The minimum Gasteiger partial charge on any atom is -0.507 e. The number of phenolic OH excluding ortho intramolecular Hbond substituents is 1. The maximum Gasteiger partial charge on any atom is 0.369 e. The van der Waals surface area contributed by atoms with Gasteiger partial charge < -0.3 is 23.2 Å². The SMILES string of the molecule is CCCOP(=O)(OCCC)C(=Cc1cc(C(C)(C)C)c(O)c2c1CCCC2(C)C)P(=O)(OCCC)OCCC. The summed E-state index contributed by atoms with van der Waals surface area (Å²) < 4.78 is 52.8. The van der Waals surface area contributed by atoms with Gasteiger partial charge in [0, 0.05) is 11.1 Å². The monoisotopic (exact) mass is 586 g/mol. The summed E-state index contributed by atoms with van der Waals surface area (Å²) >= 11 is 0. The molecule has 0 fully saturated rings. The number of hydrogen-bond acceptors (Lipinski definition) is 7. The Morgan fingerprint density at radius 2 is 1.33 bits per heavy atom. The van der Waals surface area contributed by atoms with Gasteiger partial charge in [0.2, 0.25) is 0 Å². The Balaban J connectivity index is 3.01. The topological polar surface area (TPSA) is 91.3 Å². The fourth-order valence-corrected chi connectivity index (χ4v) is 9.75. The molecule has 1 N–H and O–H groups in total. The molecule has 0 radical (unpaired) electrons. The van der Waals surface area contributed by atoms with Gasteiger partial charge in [-0.05, 0) is 79.0 Å². The van der Waals surface area contributed by atoms with Gasteiger partial charge in [-0.15, -0.1) is 0 Å². The number of aromatic hydroxyl groups is 1. The fourth-order valence-electron chi connectivity index (χ4n) is 4.90. The molecule has 0 saturated carbocycles. The molecule has 0 bridgehead atoms. The van der Waals surface area contributed by atoms with E-state index in [-0.39, 0.29) is 42.3 Å². The third kappa shape index (κ3) is 8.31. The molecule has 1 aliphatic rings. The Bertz CT molecular complexity index is 1030. The van der Waals surface area contributed by atoms with Gasteiger partial charge in [-0.3, -0.25) is 9.13 Å². The smallest absolute Gasteiger partial charge is 0.369 e. The van der Waals surface area contributed by atoms with Crippen LogP contribution in [0.25, 0.3) is 6.08 Å². The Hall–Kier alpha value is -0.940. The van der Waals surface area contributed by atoms with Crippen LogP contribution in [0.1, 0.15) is 123 Å². The molecule has 0 spiro atoms. The van der Waals surface area contributed by atoms with Crippen molar-refractivity contribution in [1.29, 1.82) is 0 Å². The van der Waals surface area contributed by atoms with Crippen LogP contribution in [0.2, 0.25) is 0 Å². The largest absolute Gasteiger partial charge is 0.507 e. The van der Waals surface area contributed by atoms with Crippen molar-refractivity contribution in [2.45, 2.75) is 118 Å². The van der Waals surface area contributed by atoms with Crippen LogP contribution < -0.4 is 0 Å². The summed E-state index contributed by atoms with van der Waals surface area (Å²) in [5.74, 6) is 0.307. The molecule has 0 atom stereocenters. The quantitative estimate of drug-likeness (QED) is 0.205. The van der Waals surface area contributed by atoms with E-state index in [1.54, 1.807) is 6.08 Å². The van der Waals surface area contributed by atoms with E-state index in [1.165, 1.54) is 0 Å². The first-order valence-electron chi connectivity index (χ1n) is 14.6. The van der Waals surface area contributed by atoms with Gasteiger partial charge in [0.05, 0.1) is 26.4 Å². The molecular formula is C30H52O7P2. The van der Waals surface area contributed by atoms with Crippen LogP contribution in [-0.4, -0.2) is 31.5 Å². The van der Waals surface area contributed by atoms with Gasteiger partial charge in [-0.2, -0.15) is 0 Å². The van der Waals surface area contributed by atoms with Crippen molar-refractivity contribution < 1.29 is 32.3 Å². The highest BCUT2D eigenvalue weighted by molar-refractivity contribution is 7.79. The maximum absolute atomic E-state index is 14.6. The van der Waals surface area contributed by atoms with E-state index in [0.717, 1.165) is 41.5 Å². The van der Waals surface area contributed by atoms with E-state index < -0.39 is 15.2 Å². The second kappa shape index (κ2) is 14.3. The molecule has 0 amide bonds. The summed E-state index contributed by atoms with van der Waals surface area (Å²) in [6.45, 7) is 18.8. The number of fused-ring (bicyclic) bond motifs is 1. The van der Waals surface area contributed by atoms with E-state index in [4.69, 9.17) is 18.1 Å². The lowest BCUT2D eigenvalue weighted by Gasteiger charge is -2.37. The molecule has 1 aromatic rings. The normalized spacial score (nSPS) is 15.7. The van der Waals surface area contributed by atoms with Crippen molar-refractivity contribution in [3.63, 3.8) is 0 Å². The van der Waals surface area contributed by atoms with E-state index in [2.05, 4.69) is 34.6 Å². The lowest BCUT2D eigenvalue weighted by Crippen LogP contribution is -2.26. The first kappa shape index (κ1) is 34.3. The number of rotatable bonds is 15. The Morgan fingerprint density at radius 3 is 1.72 bits per heavy atom. The predicted octanol–water partition coefficient (Wildman–Crippen LogP) is 9.69. The predicted molar refractivity (Wildman–Crippen MR) is 161 cm³/mol. The third-order valence-corrected chi connectivity index (χ3v) is 11.8. The number of benzene rings is 1. The summed E-state index contributed by atoms with van der Waals surface area (Å²) in [6, 6.07) is 1.93. The molecule has 1 aliphatic carbocycles. The van der Waals surface area contributed by atoms with Crippen LogP contribution in [0.15, 0.2) is 11.1 Å². The molecule has 0 heterocycles. The van der Waals surface area contributed by atoms with Crippen molar-refractivity contribution in [1.82, 2.24) is 0 Å². The van der Waals surface area contributed by atoms with Crippen LogP contribution in [0, 0.1) is 0 Å². The average molecular weight is 587 g/mol. The van der Waals surface area contributed by atoms with Gasteiger partial charge in [-0.25, -0.2) is 0 Å². The molecule has 0 aromatic heterocycles. The zero-order valence-electron chi connectivity index (χ0n) is 25.7. The zero-order chi connectivity index (χ0) is 29.5. The van der Waals surface area contributed by atoms with E-state index >= 15 is 0 Å². The molecule has 7 nitrogen and oxygen atoms in total. The zero-order valence-corrected chi connectivity index (χ0v) is 27.5. The summed E-state index contributed by atoms with van der Waals surface area (Å²) in [4.78, 5) is 0. The highest BCUT2D eigenvalue weighted by atomic mass is 31.2. The molecule has 1 aromatic carbocycles. The molecule has 39 heavy (non-hydrogen) atoms. The van der Waals surface area contributed by atoms with Crippen LogP contribution in [0.5, 0.6) is 5.75 Å². The highest BCUT2D eigenvalue weighted by Gasteiger charge is 2.46. The molecular weight excluding hydrogens is 534 g/mol. The van der Waals surface area contributed by atoms with E-state index in [0.29, 0.717) is 31.4 Å². The molecule has 224 valence electrons. The molecule has 2 rings (SSSR count). The minimum absolute atomic E-state index is 0.0603. The van der Waals surface area contributed by atoms with Crippen LogP contribution >= 0.6 is 15.2 Å². The van der Waals surface area contributed by atoms with Gasteiger partial charge in [0.15, 0.2) is 5.06 Å². The summed E-state index contributed by atoms with van der Waals surface area (Å²) in [6.07, 6.45) is 6.73. The standard InChI is InChI=1S/C30H52O7P2/c1-10-17-34-38(32,35-18-11-2)26(39(33,36-19-12-3)37-20-13-4)22-23-21-25(29(5,6)7)28(31)27-24(23)15-14-16-30(27,8)9/h21-22,31H,10-20H2,1-9H3. The van der Waals surface area contributed by atoms with Crippen molar-refractivity contribution in [2.24, 2.45) is 0 Å². The highest BCUT2D eigenvalue weighted by Crippen LogP contribution is 2.74. The molecule has 9 heteroatoms. The summed E-state index contributed by atoms with van der Waals surface area (Å²) in [7, 11) is -8.16. The lowest BCUT2D eigenvalue weighted by molar-refractivity contribution is 0.199. The Labute approximate surface area is 237 Å². The second-order valence-corrected chi connectivity index (χ2v) is 16.4. The van der Waals surface area contributed by atoms with Crippen LogP contribution in [-0.2, 0) is 44.5 Å². The van der Waals surface area contributed by atoms with E-state index in [1.807, 2.05) is 33.8 Å². The van der Waals surface area contributed by atoms with E-state index in [9.17, 15) is 14.2 Å². The Morgan fingerprint density at radius 1 is 0.897 bits per heavy atom. The number of hydrogen-bond donors (Lipinski definition) is 1. The third-order valence-electron chi connectivity index (χ3n) is 6.86. The average Bonchev–Trinajstić information content (AvgIpc) is 2.86. The van der Waals surface area contributed by atoms with Gasteiger partial charge in [0.25, 0.3) is 0 Å². The van der Waals surface area contributed by atoms with Gasteiger partial charge in [0.1, 0.15) is 5.75 Å². The van der Waals surface area contributed by atoms with Crippen molar-refractivity contribution in [2.75, 3.05) is 26.4 Å². The van der Waals surface area contributed by atoms with Gasteiger partial charge >= 0.3 is 15.2 Å². The first-order chi connectivity index (χ1) is 18.2. The molecule has 0 saturated heterocycles. The maximum atomic E-state index is 14.6. The second-order valence-electron chi connectivity index (χ2n) is 12.0. The van der Waals surface area contributed by atoms with Crippen molar-refractivity contribution in [3.05, 3.63) is 33.4 Å². The fraction of sp³-hybridized carbons (Fsp3) is 0.733. The molecule has 0 aliphatic heterocycles.